The quantitative estimate of drug-likeness (QED) is 0.778. The Morgan fingerprint density at radius 2 is 2.12 bits per heavy atom. The zero-order chi connectivity index (χ0) is 12.6. The van der Waals surface area contributed by atoms with Crippen LogP contribution in [0.4, 0.5) is 0 Å². The summed E-state index contributed by atoms with van der Waals surface area (Å²) in [7, 11) is -2.24. The van der Waals surface area contributed by atoms with Crippen molar-refractivity contribution in [3.63, 3.8) is 0 Å². The van der Waals surface area contributed by atoms with E-state index in [0.717, 1.165) is 5.41 Å². The maximum atomic E-state index is 11.8. The smallest absolute Gasteiger partial charge is 0.337 e. The Balaban J connectivity index is 2.61. The fraction of sp³-hybridized carbons (Fsp3) is 0.182. The van der Waals surface area contributed by atoms with E-state index in [2.05, 4.69) is 4.74 Å². The number of sulfone groups is 1. The molecule has 2 rings (SSSR count). The molecule has 0 saturated heterocycles. The van der Waals surface area contributed by atoms with E-state index in [1.807, 2.05) is 0 Å². The molecular formula is C11H11NO4S. The molecule has 1 heterocycles. The molecule has 5 nitrogen and oxygen atoms in total. The first-order valence-corrected chi connectivity index (χ1v) is 6.42. The van der Waals surface area contributed by atoms with Crippen LogP contribution < -0.4 is 5.73 Å². The molecule has 0 fully saturated rings. The molecule has 0 spiro atoms. The molecule has 0 aromatic heterocycles. The van der Waals surface area contributed by atoms with Crippen LogP contribution in [0.3, 0.4) is 0 Å². The average Bonchev–Trinajstić information content (AvgIpc) is 2.59. The monoisotopic (exact) mass is 253 g/mol. The summed E-state index contributed by atoms with van der Waals surface area (Å²) in [5, 5.41) is 1.14. The van der Waals surface area contributed by atoms with E-state index in [4.69, 9.17) is 5.73 Å². The Hall–Kier alpha value is -1.66. The molecule has 6 heteroatoms. The minimum atomic E-state index is -3.48. The van der Waals surface area contributed by atoms with E-state index in [1.54, 1.807) is 6.07 Å². The minimum Gasteiger partial charge on any atom is -0.465 e. The first-order chi connectivity index (χ1) is 7.99. The van der Waals surface area contributed by atoms with Crippen molar-refractivity contribution in [2.45, 2.75) is 4.90 Å². The van der Waals surface area contributed by atoms with Gasteiger partial charge in [-0.2, -0.15) is 0 Å². The van der Waals surface area contributed by atoms with E-state index in [1.165, 1.54) is 19.2 Å². The van der Waals surface area contributed by atoms with Crippen molar-refractivity contribution in [2.75, 3.05) is 13.7 Å². The van der Waals surface area contributed by atoms with E-state index in [-0.39, 0.29) is 17.0 Å². The number of carbonyl (C=O) groups excluding carboxylic acids is 1. The lowest BCUT2D eigenvalue weighted by molar-refractivity contribution is 0.0600. The molecule has 1 aliphatic heterocycles. The highest BCUT2D eigenvalue weighted by atomic mass is 32.2. The molecule has 1 aliphatic rings. The van der Waals surface area contributed by atoms with Crippen molar-refractivity contribution in [3.8, 4) is 0 Å². The normalized spacial score (nSPS) is 16.2. The van der Waals surface area contributed by atoms with Gasteiger partial charge in [0.15, 0.2) is 0 Å². The van der Waals surface area contributed by atoms with Gasteiger partial charge in [-0.05, 0) is 23.3 Å². The maximum absolute atomic E-state index is 11.8. The van der Waals surface area contributed by atoms with Gasteiger partial charge in [-0.15, -0.1) is 0 Å². The lowest BCUT2D eigenvalue weighted by Crippen LogP contribution is -2.04. The SMILES string of the molecule is COC(=O)c1ccc2c(c1)S(=O)(=O)C=C2CN. The second kappa shape index (κ2) is 3.97. The summed E-state index contributed by atoms with van der Waals surface area (Å²) >= 11 is 0. The molecule has 0 amide bonds. The third-order valence-electron chi connectivity index (χ3n) is 2.57. The fourth-order valence-electron chi connectivity index (χ4n) is 1.74. The molecule has 0 atom stereocenters. The highest BCUT2D eigenvalue weighted by Crippen LogP contribution is 2.33. The van der Waals surface area contributed by atoms with Crippen LogP contribution in [0.5, 0.6) is 0 Å². The predicted octanol–water partition coefficient (Wildman–Crippen LogP) is 0.560. The first-order valence-electron chi connectivity index (χ1n) is 4.88. The van der Waals surface area contributed by atoms with Gasteiger partial charge in [0.1, 0.15) is 0 Å². The average molecular weight is 253 g/mol. The molecule has 0 radical (unpaired) electrons. The summed E-state index contributed by atoms with van der Waals surface area (Å²) in [6, 6.07) is 4.41. The van der Waals surface area contributed by atoms with Crippen LogP contribution in [0.2, 0.25) is 0 Å². The molecule has 0 unspecified atom stereocenters. The number of ether oxygens (including phenoxy) is 1. The molecule has 1 aromatic carbocycles. The Morgan fingerprint density at radius 3 is 2.71 bits per heavy atom. The maximum Gasteiger partial charge on any atom is 0.337 e. The zero-order valence-electron chi connectivity index (χ0n) is 9.14. The summed E-state index contributed by atoms with van der Waals surface area (Å²) in [5.41, 5.74) is 6.79. The molecule has 1 aromatic rings. The highest BCUT2D eigenvalue weighted by Gasteiger charge is 2.27. The van der Waals surface area contributed by atoms with Crippen molar-refractivity contribution < 1.29 is 17.9 Å². The third-order valence-corrected chi connectivity index (χ3v) is 4.12. The molecule has 0 saturated carbocycles. The number of benzene rings is 1. The molecule has 2 N–H and O–H groups in total. The van der Waals surface area contributed by atoms with Crippen molar-refractivity contribution in [3.05, 3.63) is 34.7 Å². The number of rotatable bonds is 2. The summed E-state index contributed by atoms with van der Waals surface area (Å²) in [6.45, 7) is 0.143. The van der Waals surface area contributed by atoms with Crippen LogP contribution in [-0.4, -0.2) is 28.0 Å². The molecule has 0 bridgehead atoms. The molecule has 0 aliphatic carbocycles. The topological polar surface area (TPSA) is 86.5 Å². The van der Waals surface area contributed by atoms with Crippen molar-refractivity contribution in [1.82, 2.24) is 0 Å². The van der Waals surface area contributed by atoms with Crippen molar-refractivity contribution in [2.24, 2.45) is 5.73 Å². The lowest BCUT2D eigenvalue weighted by atomic mass is 10.1. The van der Waals surface area contributed by atoms with Gasteiger partial charge >= 0.3 is 5.97 Å². The molecule has 17 heavy (non-hydrogen) atoms. The van der Waals surface area contributed by atoms with Gasteiger partial charge in [0.25, 0.3) is 0 Å². The van der Waals surface area contributed by atoms with Gasteiger partial charge in [-0.25, -0.2) is 13.2 Å². The largest absolute Gasteiger partial charge is 0.465 e. The second-order valence-electron chi connectivity index (χ2n) is 3.59. The van der Waals surface area contributed by atoms with Crippen molar-refractivity contribution >= 4 is 21.4 Å². The van der Waals surface area contributed by atoms with Gasteiger partial charge in [-0.1, -0.05) is 6.07 Å². The number of fused-ring (bicyclic) bond motifs is 1. The third kappa shape index (κ3) is 1.85. The van der Waals surface area contributed by atoms with Gasteiger partial charge in [0.05, 0.1) is 17.6 Å². The number of methoxy groups -OCH3 is 1. The number of esters is 1. The van der Waals surface area contributed by atoms with Crippen LogP contribution in [0.15, 0.2) is 28.5 Å². The predicted molar refractivity (Wildman–Crippen MR) is 62.0 cm³/mol. The van der Waals surface area contributed by atoms with Crippen LogP contribution in [0, 0.1) is 0 Å². The number of nitrogens with two attached hydrogens (primary N) is 1. The summed E-state index contributed by atoms with van der Waals surface area (Å²) < 4.78 is 28.1. The standard InChI is InChI=1S/C11H11NO4S/c1-16-11(13)7-2-3-9-8(5-12)6-17(14,15)10(9)4-7/h2-4,6H,5,12H2,1H3. The fourth-order valence-corrected chi connectivity index (χ4v) is 3.26. The number of carbonyl (C=O) groups is 1. The van der Waals surface area contributed by atoms with Gasteiger partial charge in [0.2, 0.25) is 9.84 Å². The van der Waals surface area contributed by atoms with E-state index in [9.17, 15) is 13.2 Å². The number of hydrogen-bond acceptors (Lipinski definition) is 5. The summed E-state index contributed by atoms with van der Waals surface area (Å²) in [5.74, 6) is -0.566. The van der Waals surface area contributed by atoms with Gasteiger partial charge in [0, 0.05) is 12.0 Å². The van der Waals surface area contributed by atoms with Crippen molar-refractivity contribution in [1.29, 1.82) is 0 Å². The van der Waals surface area contributed by atoms with E-state index in [0.29, 0.717) is 11.1 Å². The van der Waals surface area contributed by atoms with E-state index >= 15 is 0 Å². The Morgan fingerprint density at radius 1 is 1.41 bits per heavy atom. The highest BCUT2D eigenvalue weighted by molar-refractivity contribution is 7.95. The Labute approximate surface area is 98.8 Å². The number of hydrogen-bond donors (Lipinski definition) is 1. The Bertz CT molecular complexity index is 616. The van der Waals surface area contributed by atoms with Crippen LogP contribution in [0.1, 0.15) is 15.9 Å². The zero-order valence-corrected chi connectivity index (χ0v) is 9.95. The lowest BCUT2D eigenvalue weighted by Gasteiger charge is -2.04. The van der Waals surface area contributed by atoms with Crippen LogP contribution >= 0.6 is 0 Å². The van der Waals surface area contributed by atoms with Crippen LogP contribution in [0.25, 0.3) is 5.57 Å². The minimum absolute atomic E-state index is 0.112. The molecular weight excluding hydrogens is 242 g/mol. The first kappa shape index (κ1) is 11.8. The summed E-state index contributed by atoms with van der Waals surface area (Å²) in [4.78, 5) is 11.4. The molecule has 90 valence electrons. The van der Waals surface area contributed by atoms with E-state index < -0.39 is 15.8 Å². The van der Waals surface area contributed by atoms with Crippen LogP contribution in [-0.2, 0) is 14.6 Å². The second-order valence-corrected chi connectivity index (χ2v) is 5.36. The van der Waals surface area contributed by atoms with Gasteiger partial charge < -0.3 is 10.5 Å². The van der Waals surface area contributed by atoms with Gasteiger partial charge in [-0.3, -0.25) is 0 Å². The Kier molecular flexibility index (Phi) is 2.76. The summed E-state index contributed by atoms with van der Waals surface area (Å²) in [6.07, 6.45) is 0.